The highest BCUT2D eigenvalue weighted by atomic mass is 16.5. The van der Waals surface area contributed by atoms with Crippen LogP contribution in [0.3, 0.4) is 0 Å². The normalized spacial score (nSPS) is 10.2. The van der Waals surface area contributed by atoms with Gasteiger partial charge in [-0.1, -0.05) is 0 Å². The summed E-state index contributed by atoms with van der Waals surface area (Å²) in [5, 5.41) is 2.67. The van der Waals surface area contributed by atoms with Gasteiger partial charge < -0.3 is 24.9 Å². The number of rotatable bonds is 6. The summed E-state index contributed by atoms with van der Waals surface area (Å²) >= 11 is 0. The van der Waals surface area contributed by atoms with Crippen molar-refractivity contribution in [3.05, 3.63) is 42.4 Å². The van der Waals surface area contributed by atoms with E-state index in [0.29, 0.717) is 22.9 Å². The number of hydrogen-bond donors (Lipinski definition) is 2. The zero-order valence-electron chi connectivity index (χ0n) is 11.1. The van der Waals surface area contributed by atoms with E-state index in [0.717, 1.165) is 0 Å². The van der Waals surface area contributed by atoms with Gasteiger partial charge in [-0.25, -0.2) is 0 Å². The van der Waals surface area contributed by atoms with Crippen molar-refractivity contribution >= 4 is 17.3 Å². The maximum absolute atomic E-state index is 11.7. The Morgan fingerprint density at radius 2 is 2.25 bits per heavy atom. The lowest BCUT2D eigenvalue weighted by atomic mass is 10.2. The predicted molar refractivity (Wildman–Crippen MR) is 74.4 cm³/mol. The van der Waals surface area contributed by atoms with Crippen LogP contribution in [0.25, 0.3) is 0 Å². The Hall–Kier alpha value is -2.47. The molecule has 1 heterocycles. The van der Waals surface area contributed by atoms with Crippen LogP contribution in [0, 0.1) is 0 Å². The first-order valence-electron chi connectivity index (χ1n) is 6.02. The fourth-order valence-electron chi connectivity index (χ4n) is 1.61. The molecule has 0 aliphatic rings. The summed E-state index contributed by atoms with van der Waals surface area (Å²) in [5.74, 6) is 1.02. The number of carbonyl (C=O) groups is 1. The molecule has 0 bridgehead atoms. The molecule has 0 radical (unpaired) electrons. The van der Waals surface area contributed by atoms with E-state index in [9.17, 15) is 4.79 Å². The van der Waals surface area contributed by atoms with E-state index in [4.69, 9.17) is 19.6 Å². The summed E-state index contributed by atoms with van der Waals surface area (Å²) in [4.78, 5) is 11.7. The van der Waals surface area contributed by atoms with Crippen molar-refractivity contribution in [3.63, 3.8) is 0 Å². The molecule has 1 aromatic carbocycles. The zero-order chi connectivity index (χ0) is 14.4. The lowest BCUT2D eigenvalue weighted by Crippen LogP contribution is -2.18. The molecule has 1 aromatic heterocycles. The summed E-state index contributed by atoms with van der Waals surface area (Å²) < 4.78 is 15.3. The van der Waals surface area contributed by atoms with E-state index < -0.39 is 0 Å². The monoisotopic (exact) mass is 276 g/mol. The molecule has 0 saturated heterocycles. The number of ether oxygens (including phenoxy) is 2. The second-order valence-electron chi connectivity index (χ2n) is 4.07. The summed E-state index contributed by atoms with van der Waals surface area (Å²) in [6.45, 7) is 0.171. The number of anilines is 2. The van der Waals surface area contributed by atoms with Crippen molar-refractivity contribution in [2.75, 3.05) is 24.8 Å². The molecule has 2 aromatic rings. The SMILES string of the molecule is COc1ccc(NC(=O)COCc2ccco2)c(N)c1. The highest BCUT2D eigenvalue weighted by Crippen LogP contribution is 2.23. The molecule has 3 N–H and O–H groups in total. The van der Waals surface area contributed by atoms with E-state index in [2.05, 4.69) is 5.32 Å². The second-order valence-corrected chi connectivity index (χ2v) is 4.07. The Morgan fingerprint density at radius 1 is 1.40 bits per heavy atom. The Labute approximate surface area is 116 Å². The molecule has 106 valence electrons. The van der Waals surface area contributed by atoms with Crippen LogP contribution in [0.5, 0.6) is 5.75 Å². The average molecular weight is 276 g/mol. The molecule has 1 amide bonds. The van der Waals surface area contributed by atoms with Crippen LogP contribution >= 0.6 is 0 Å². The maximum atomic E-state index is 11.7. The van der Waals surface area contributed by atoms with E-state index in [1.165, 1.54) is 0 Å². The fourth-order valence-corrected chi connectivity index (χ4v) is 1.61. The number of nitrogens with one attached hydrogen (secondary N) is 1. The quantitative estimate of drug-likeness (QED) is 0.788. The highest BCUT2D eigenvalue weighted by Gasteiger charge is 2.07. The summed E-state index contributed by atoms with van der Waals surface area (Å²) in [6.07, 6.45) is 1.55. The standard InChI is InChI=1S/C14H16N2O4/c1-18-10-4-5-13(12(15)7-10)16-14(17)9-19-8-11-3-2-6-20-11/h2-7H,8-9,15H2,1H3,(H,16,17). The topological polar surface area (TPSA) is 86.7 Å². The molecule has 0 unspecified atom stereocenters. The molecule has 2 rings (SSSR count). The molecule has 0 spiro atoms. The minimum atomic E-state index is -0.284. The van der Waals surface area contributed by atoms with Crippen LogP contribution in [0.15, 0.2) is 41.0 Å². The summed E-state index contributed by atoms with van der Waals surface area (Å²) in [6, 6.07) is 8.57. The van der Waals surface area contributed by atoms with E-state index in [-0.39, 0.29) is 19.1 Å². The summed E-state index contributed by atoms with van der Waals surface area (Å²) in [5.41, 5.74) is 6.76. The Bertz CT molecular complexity index is 567. The van der Waals surface area contributed by atoms with Crippen LogP contribution < -0.4 is 15.8 Å². The molecule has 0 aliphatic carbocycles. The van der Waals surface area contributed by atoms with Gasteiger partial charge in [0.1, 0.15) is 24.7 Å². The van der Waals surface area contributed by atoms with Crippen molar-refractivity contribution in [3.8, 4) is 5.75 Å². The lowest BCUT2D eigenvalue weighted by Gasteiger charge is -2.09. The molecule has 0 saturated carbocycles. The lowest BCUT2D eigenvalue weighted by molar-refractivity contribution is -0.121. The average Bonchev–Trinajstić information content (AvgIpc) is 2.94. The molecule has 20 heavy (non-hydrogen) atoms. The van der Waals surface area contributed by atoms with Gasteiger partial charge in [-0.05, 0) is 24.3 Å². The number of nitrogens with two attached hydrogens (primary N) is 1. The van der Waals surface area contributed by atoms with Crippen molar-refractivity contribution in [1.29, 1.82) is 0 Å². The van der Waals surface area contributed by atoms with Gasteiger partial charge in [0.15, 0.2) is 0 Å². The van der Waals surface area contributed by atoms with Crippen molar-refractivity contribution < 1.29 is 18.7 Å². The van der Waals surface area contributed by atoms with Gasteiger partial charge in [0.05, 0.1) is 24.7 Å². The Balaban J connectivity index is 1.82. The molecule has 0 aliphatic heterocycles. The molecular formula is C14H16N2O4. The number of benzene rings is 1. The predicted octanol–water partition coefficient (Wildman–Crippen LogP) is 2.03. The minimum absolute atomic E-state index is 0.0772. The molecular weight excluding hydrogens is 260 g/mol. The van der Waals surface area contributed by atoms with Gasteiger partial charge in [0, 0.05) is 6.07 Å². The molecule has 0 atom stereocenters. The fraction of sp³-hybridized carbons (Fsp3) is 0.214. The third kappa shape index (κ3) is 3.76. The molecule has 6 heteroatoms. The van der Waals surface area contributed by atoms with Crippen LogP contribution in [-0.2, 0) is 16.1 Å². The van der Waals surface area contributed by atoms with Gasteiger partial charge >= 0.3 is 0 Å². The van der Waals surface area contributed by atoms with E-state index >= 15 is 0 Å². The minimum Gasteiger partial charge on any atom is -0.497 e. The first-order chi connectivity index (χ1) is 9.69. The Kier molecular flexibility index (Phi) is 4.62. The van der Waals surface area contributed by atoms with E-state index in [1.807, 2.05) is 0 Å². The highest BCUT2D eigenvalue weighted by molar-refractivity contribution is 5.94. The zero-order valence-corrected chi connectivity index (χ0v) is 11.1. The number of carbonyl (C=O) groups excluding carboxylic acids is 1. The third-order valence-corrected chi connectivity index (χ3v) is 2.59. The number of furan rings is 1. The van der Waals surface area contributed by atoms with Crippen LogP contribution in [-0.4, -0.2) is 19.6 Å². The van der Waals surface area contributed by atoms with Gasteiger partial charge in [-0.15, -0.1) is 0 Å². The number of nitrogen functional groups attached to an aromatic ring is 1. The van der Waals surface area contributed by atoms with Gasteiger partial charge in [0.2, 0.25) is 5.91 Å². The van der Waals surface area contributed by atoms with Gasteiger partial charge in [0.25, 0.3) is 0 Å². The maximum Gasteiger partial charge on any atom is 0.250 e. The van der Waals surface area contributed by atoms with Crippen LogP contribution in [0.2, 0.25) is 0 Å². The number of hydrogen-bond acceptors (Lipinski definition) is 5. The van der Waals surface area contributed by atoms with Crippen molar-refractivity contribution in [1.82, 2.24) is 0 Å². The van der Waals surface area contributed by atoms with Crippen LogP contribution in [0.4, 0.5) is 11.4 Å². The molecule has 0 fully saturated rings. The van der Waals surface area contributed by atoms with Gasteiger partial charge in [-0.3, -0.25) is 4.79 Å². The third-order valence-electron chi connectivity index (χ3n) is 2.59. The van der Waals surface area contributed by atoms with Gasteiger partial charge in [-0.2, -0.15) is 0 Å². The number of amides is 1. The van der Waals surface area contributed by atoms with E-state index in [1.54, 1.807) is 43.7 Å². The number of methoxy groups -OCH3 is 1. The first kappa shape index (κ1) is 14.0. The van der Waals surface area contributed by atoms with Crippen molar-refractivity contribution in [2.45, 2.75) is 6.61 Å². The smallest absolute Gasteiger partial charge is 0.250 e. The first-order valence-corrected chi connectivity index (χ1v) is 6.02. The Morgan fingerprint density at radius 3 is 2.90 bits per heavy atom. The van der Waals surface area contributed by atoms with Crippen molar-refractivity contribution in [2.24, 2.45) is 0 Å². The second kappa shape index (κ2) is 6.63. The molecule has 6 nitrogen and oxygen atoms in total. The largest absolute Gasteiger partial charge is 0.497 e. The van der Waals surface area contributed by atoms with Crippen LogP contribution in [0.1, 0.15) is 5.76 Å². The summed E-state index contributed by atoms with van der Waals surface area (Å²) in [7, 11) is 1.55.